The fourth-order valence-electron chi connectivity index (χ4n) is 3.30. The average molecular weight is 473 g/mol. The van der Waals surface area contributed by atoms with Crippen LogP contribution in [0.2, 0.25) is 0 Å². The molecule has 0 aliphatic rings. The number of benzene rings is 4. The Morgan fingerprint density at radius 3 is 1.88 bits per heavy atom. The molecule has 34 heavy (non-hydrogen) atoms. The van der Waals surface area contributed by atoms with Crippen LogP contribution in [0.1, 0.15) is 5.56 Å². The van der Waals surface area contributed by atoms with Crippen LogP contribution in [-0.2, 0) is 10.0 Å². The molecular weight excluding hydrogens is 452 g/mol. The van der Waals surface area contributed by atoms with Crippen molar-refractivity contribution in [3.05, 3.63) is 125 Å². The minimum atomic E-state index is -4.04. The molecule has 0 saturated heterocycles. The zero-order valence-electron chi connectivity index (χ0n) is 17.9. The maximum Gasteiger partial charge on any atom is 0.276 e. The van der Waals surface area contributed by atoms with Gasteiger partial charge in [0.15, 0.2) is 0 Å². The number of nitro groups is 1. The van der Waals surface area contributed by atoms with Crippen LogP contribution in [0.25, 0.3) is 0 Å². The Labute approximate surface area is 197 Å². The van der Waals surface area contributed by atoms with Crippen LogP contribution >= 0.6 is 0 Å². The third kappa shape index (κ3) is 5.28. The van der Waals surface area contributed by atoms with E-state index in [2.05, 4.69) is 14.8 Å². The van der Waals surface area contributed by atoms with Crippen LogP contribution in [-0.4, -0.2) is 19.6 Å². The second-order valence-corrected chi connectivity index (χ2v) is 8.87. The summed E-state index contributed by atoms with van der Waals surface area (Å²) < 4.78 is 24.8. The fraction of sp³-hybridized carbons (Fsp3) is 0. The number of nitrogens with one attached hydrogen (secondary N) is 1. The summed E-state index contributed by atoms with van der Waals surface area (Å²) >= 11 is 0. The van der Waals surface area contributed by atoms with Crippen molar-refractivity contribution in [3.63, 3.8) is 0 Å². The number of nitrogens with zero attached hydrogens (tertiary/aromatic N) is 3. The monoisotopic (exact) mass is 472 g/mol. The Bertz CT molecular complexity index is 1370. The molecule has 0 radical (unpaired) electrons. The highest BCUT2D eigenvalue weighted by atomic mass is 32.2. The molecule has 0 bridgehead atoms. The summed E-state index contributed by atoms with van der Waals surface area (Å²) in [5.74, 6) is 0. The first-order chi connectivity index (χ1) is 16.4. The smallest absolute Gasteiger partial charge is 0.276 e. The number of hydrogen-bond acceptors (Lipinski definition) is 6. The van der Waals surface area contributed by atoms with Crippen LogP contribution in [0.4, 0.5) is 22.7 Å². The van der Waals surface area contributed by atoms with E-state index in [0.717, 1.165) is 23.1 Å². The molecule has 4 aromatic carbocycles. The second-order valence-electron chi connectivity index (χ2n) is 7.21. The summed E-state index contributed by atoms with van der Waals surface area (Å²) in [6.45, 7) is 0. The normalized spacial score (nSPS) is 11.3. The van der Waals surface area contributed by atoms with Crippen molar-refractivity contribution in [2.45, 2.75) is 4.90 Å². The number of rotatable bonds is 8. The van der Waals surface area contributed by atoms with Gasteiger partial charge in [-0.1, -0.05) is 54.6 Å². The minimum absolute atomic E-state index is 0.240. The van der Waals surface area contributed by atoms with Crippen LogP contribution in [0, 0.1) is 10.1 Å². The molecule has 170 valence electrons. The van der Waals surface area contributed by atoms with E-state index in [1.165, 1.54) is 24.4 Å². The summed E-state index contributed by atoms with van der Waals surface area (Å²) in [6.07, 6.45) is 1.37. The first-order valence-electron chi connectivity index (χ1n) is 10.2. The first kappa shape index (κ1) is 22.7. The number of non-ortho nitro benzene ring substituents is 1. The molecule has 0 amide bonds. The van der Waals surface area contributed by atoms with Gasteiger partial charge in [-0.25, -0.2) is 4.83 Å². The SMILES string of the molecule is O=[N+]([O-])c1cccc(S(=O)(=O)N/N=C\c2ccc(N(c3ccccc3)c3ccccc3)cc2)c1. The first-order valence-corrected chi connectivity index (χ1v) is 11.7. The molecule has 1 N–H and O–H groups in total. The maximum absolute atomic E-state index is 12.4. The van der Waals surface area contributed by atoms with Crippen molar-refractivity contribution >= 4 is 39.0 Å². The second kappa shape index (κ2) is 9.97. The van der Waals surface area contributed by atoms with Gasteiger partial charge >= 0.3 is 0 Å². The molecule has 0 fully saturated rings. The molecule has 0 unspecified atom stereocenters. The Balaban J connectivity index is 1.53. The summed E-state index contributed by atoms with van der Waals surface area (Å²) in [5.41, 5.74) is 3.28. The van der Waals surface area contributed by atoms with Crippen molar-refractivity contribution < 1.29 is 13.3 Å². The lowest BCUT2D eigenvalue weighted by Crippen LogP contribution is -2.18. The van der Waals surface area contributed by atoms with Gasteiger partial charge in [0.05, 0.1) is 16.0 Å². The summed E-state index contributed by atoms with van der Waals surface area (Å²) in [5, 5.41) is 14.7. The molecule has 0 heterocycles. The van der Waals surface area contributed by atoms with Crippen molar-refractivity contribution in [1.29, 1.82) is 0 Å². The number of sulfonamides is 1. The highest BCUT2D eigenvalue weighted by Crippen LogP contribution is 2.33. The zero-order chi connectivity index (χ0) is 24.0. The van der Waals surface area contributed by atoms with Crippen molar-refractivity contribution in [1.82, 2.24) is 4.83 Å². The Morgan fingerprint density at radius 1 is 0.765 bits per heavy atom. The molecule has 4 rings (SSSR count). The van der Waals surface area contributed by atoms with Gasteiger partial charge < -0.3 is 4.90 Å². The zero-order valence-corrected chi connectivity index (χ0v) is 18.7. The molecule has 4 aromatic rings. The molecule has 8 nitrogen and oxygen atoms in total. The van der Waals surface area contributed by atoms with Gasteiger partial charge in [-0.2, -0.15) is 13.5 Å². The molecule has 0 saturated carbocycles. The van der Waals surface area contributed by atoms with Crippen LogP contribution in [0.3, 0.4) is 0 Å². The van der Waals surface area contributed by atoms with Crippen LogP contribution < -0.4 is 9.73 Å². The summed E-state index contributed by atoms with van der Waals surface area (Å²) in [4.78, 5) is 14.2. The van der Waals surface area contributed by atoms with E-state index in [4.69, 9.17) is 0 Å². The topological polar surface area (TPSA) is 105 Å². The van der Waals surface area contributed by atoms with Gasteiger partial charge in [-0.3, -0.25) is 10.1 Å². The van der Waals surface area contributed by atoms with E-state index in [9.17, 15) is 18.5 Å². The summed E-state index contributed by atoms with van der Waals surface area (Å²) in [7, 11) is -4.04. The third-order valence-corrected chi connectivity index (χ3v) is 6.13. The number of nitro benzene ring substituents is 1. The van der Waals surface area contributed by atoms with E-state index in [-0.39, 0.29) is 10.6 Å². The van der Waals surface area contributed by atoms with Crippen LogP contribution in [0.15, 0.2) is 119 Å². The fourth-order valence-corrected chi connectivity index (χ4v) is 4.13. The molecule has 0 spiro atoms. The van der Waals surface area contributed by atoms with Crippen molar-refractivity contribution in [2.75, 3.05) is 4.90 Å². The quantitative estimate of drug-likeness (QED) is 0.211. The van der Waals surface area contributed by atoms with Crippen molar-refractivity contribution in [2.24, 2.45) is 5.10 Å². The van der Waals surface area contributed by atoms with Gasteiger partial charge in [0.1, 0.15) is 0 Å². The molecule has 0 aliphatic carbocycles. The highest BCUT2D eigenvalue weighted by Gasteiger charge is 2.17. The molecule has 9 heteroatoms. The lowest BCUT2D eigenvalue weighted by atomic mass is 10.1. The predicted molar refractivity (Wildman–Crippen MR) is 132 cm³/mol. The van der Waals surface area contributed by atoms with Gasteiger partial charge in [0.2, 0.25) is 0 Å². The van der Waals surface area contributed by atoms with E-state index < -0.39 is 14.9 Å². The Hall–Kier alpha value is -4.50. The number of anilines is 3. The number of para-hydroxylation sites is 2. The molecule has 0 atom stereocenters. The van der Waals surface area contributed by atoms with E-state index in [1.807, 2.05) is 84.9 Å². The largest absolute Gasteiger partial charge is 0.311 e. The van der Waals surface area contributed by atoms with Gasteiger partial charge in [-0.15, -0.1) is 0 Å². The molecule has 0 aliphatic heterocycles. The Morgan fingerprint density at radius 2 is 1.32 bits per heavy atom. The van der Waals surface area contributed by atoms with Crippen molar-refractivity contribution in [3.8, 4) is 0 Å². The van der Waals surface area contributed by atoms with Gasteiger partial charge in [0, 0.05) is 29.2 Å². The molecule has 0 aromatic heterocycles. The maximum atomic E-state index is 12.4. The standard InChI is InChI=1S/C25H20N4O4S/c30-29(31)24-12-7-13-25(18-24)34(32,33)27-26-19-20-14-16-23(17-15-20)28(21-8-3-1-4-9-21)22-10-5-2-6-11-22/h1-19,27H/b26-19-. The predicted octanol–water partition coefficient (Wildman–Crippen LogP) is 5.38. The minimum Gasteiger partial charge on any atom is -0.311 e. The average Bonchev–Trinajstić information content (AvgIpc) is 2.86. The van der Waals surface area contributed by atoms with Crippen LogP contribution in [0.5, 0.6) is 0 Å². The summed E-state index contributed by atoms with van der Waals surface area (Å²) in [6, 6.07) is 32.1. The number of hydrazone groups is 1. The number of hydrogen-bond donors (Lipinski definition) is 1. The molecular formula is C25H20N4O4S. The Kier molecular flexibility index (Phi) is 6.65. The van der Waals surface area contributed by atoms with E-state index >= 15 is 0 Å². The lowest BCUT2D eigenvalue weighted by molar-refractivity contribution is -0.385. The lowest BCUT2D eigenvalue weighted by Gasteiger charge is -2.25. The highest BCUT2D eigenvalue weighted by molar-refractivity contribution is 7.89. The van der Waals surface area contributed by atoms with Gasteiger partial charge in [-0.05, 0) is 48.0 Å². The van der Waals surface area contributed by atoms with E-state index in [1.54, 1.807) is 0 Å². The van der Waals surface area contributed by atoms with Gasteiger partial charge in [0.25, 0.3) is 15.7 Å². The third-order valence-electron chi connectivity index (χ3n) is 4.91. The van der Waals surface area contributed by atoms with E-state index in [0.29, 0.717) is 5.56 Å².